The number of rotatable bonds is 3. The molecule has 4 heteroatoms. The van der Waals surface area contributed by atoms with Gasteiger partial charge in [0.15, 0.2) is 0 Å². The summed E-state index contributed by atoms with van der Waals surface area (Å²) in [7, 11) is 1.57. The van der Waals surface area contributed by atoms with E-state index in [-0.39, 0.29) is 5.91 Å². The van der Waals surface area contributed by atoms with Crippen molar-refractivity contribution in [2.24, 2.45) is 5.92 Å². The second-order valence-electron chi connectivity index (χ2n) is 5.03. The molecule has 0 unspecified atom stereocenters. The quantitative estimate of drug-likeness (QED) is 0.917. The molecule has 0 bridgehead atoms. The second-order valence-corrected chi connectivity index (χ2v) is 5.03. The van der Waals surface area contributed by atoms with E-state index < -0.39 is 0 Å². The van der Waals surface area contributed by atoms with Crippen LogP contribution in [0.3, 0.4) is 0 Å². The number of fused-ring (bicyclic) bond motifs is 1. The number of pyridine rings is 1. The molecular formula is C15H16N2O2. The van der Waals surface area contributed by atoms with Gasteiger partial charge in [-0.25, -0.2) is 4.98 Å². The van der Waals surface area contributed by atoms with Gasteiger partial charge in [-0.05, 0) is 29.9 Å². The van der Waals surface area contributed by atoms with Crippen LogP contribution in [0.15, 0.2) is 30.3 Å². The molecule has 1 saturated carbocycles. The van der Waals surface area contributed by atoms with Crippen molar-refractivity contribution in [1.29, 1.82) is 0 Å². The third-order valence-corrected chi connectivity index (χ3v) is 3.56. The van der Waals surface area contributed by atoms with Crippen molar-refractivity contribution in [3.05, 3.63) is 36.0 Å². The van der Waals surface area contributed by atoms with Crippen LogP contribution in [0, 0.1) is 5.92 Å². The molecule has 1 aromatic carbocycles. The molecule has 2 atom stereocenters. The number of aromatic nitrogens is 1. The summed E-state index contributed by atoms with van der Waals surface area (Å²) in [4.78, 5) is 16.4. The highest BCUT2D eigenvalue weighted by atomic mass is 16.5. The van der Waals surface area contributed by atoms with Gasteiger partial charge >= 0.3 is 0 Å². The summed E-state index contributed by atoms with van der Waals surface area (Å²) >= 11 is 0. The molecule has 1 fully saturated rings. The zero-order chi connectivity index (χ0) is 13.4. The van der Waals surface area contributed by atoms with E-state index in [1.165, 1.54) is 0 Å². The van der Waals surface area contributed by atoms with Gasteiger partial charge in [0, 0.05) is 11.4 Å². The minimum Gasteiger partial charge on any atom is -0.481 e. The number of carbonyl (C=O) groups excluding carboxylic acids is 1. The summed E-state index contributed by atoms with van der Waals surface area (Å²) in [5.74, 6) is 0.941. The normalized spacial score (nSPS) is 21.2. The molecule has 2 aromatic rings. The molecule has 1 N–H and O–H groups in total. The van der Waals surface area contributed by atoms with E-state index in [9.17, 15) is 4.79 Å². The van der Waals surface area contributed by atoms with Crippen LogP contribution in [0.4, 0.5) is 0 Å². The lowest BCUT2D eigenvalue weighted by atomic mass is 10.1. The summed E-state index contributed by atoms with van der Waals surface area (Å²) in [6, 6.07) is 9.86. The van der Waals surface area contributed by atoms with Gasteiger partial charge in [-0.3, -0.25) is 4.79 Å². The number of carbonyl (C=O) groups is 1. The summed E-state index contributed by atoms with van der Waals surface area (Å²) in [5, 5.41) is 4.86. The number of methoxy groups -OCH3 is 1. The topological polar surface area (TPSA) is 51.2 Å². The maximum Gasteiger partial charge on any atom is 0.270 e. The predicted octanol–water partition coefficient (Wildman–Crippen LogP) is 2.38. The van der Waals surface area contributed by atoms with Crippen LogP contribution in [0.2, 0.25) is 0 Å². The molecule has 0 saturated heterocycles. The molecule has 3 rings (SSSR count). The molecule has 0 radical (unpaired) electrons. The van der Waals surface area contributed by atoms with Crippen molar-refractivity contribution in [3.8, 4) is 5.88 Å². The first-order chi connectivity index (χ1) is 9.19. The number of hydrogen-bond acceptors (Lipinski definition) is 3. The number of nitrogens with zero attached hydrogens (tertiary/aromatic N) is 1. The minimum atomic E-state index is -0.126. The lowest BCUT2D eigenvalue weighted by Crippen LogP contribution is -2.27. The van der Waals surface area contributed by atoms with E-state index in [1.807, 2.05) is 24.3 Å². The molecule has 19 heavy (non-hydrogen) atoms. The molecule has 98 valence electrons. The van der Waals surface area contributed by atoms with Gasteiger partial charge in [0.05, 0.1) is 7.11 Å². The average molecular weight is 256 g/mol. The van der Waals surface area contributed by atoms with Crippen LogP contribution in [-0.2, 0) is 0 Å². The summed E-state index contributed by atoms with van der Waals surface area (Å²) < 4.78 is 5.27. The first kappa shape index (κ1) is 12.0. The van der Waals surface area contributed by atoms with Crippen LogP contribution < -0.4 is 10.1 Å². The molecule has 1 aliphatic rings. The van der Waals surface area contributed by atoms with Gasteiger partial charge in [-0.1, -0.05) is 25.1 Å². The molecule has 1 heterocycles. The maximum atomic E-state index is 12.1. The summed E-state index contributed by atoms with van der Waals surface area (Å²) in [5.41, 5.74) is 0.412. The number of ether oxygens (including phenoxy) is 1. The monoisotopic (exact) mass is 256 g/mol. The maximum absolute atomic E-state index is 12.1. The Hall–Kier alpha value is -2.10. The second kappa shape index (κ2) is 4.53. The first-order valence-electron chi connectivity index (χ1n) is 6.43. The van der Waals surface area contributed by atoms with E-state index >= 15 is 0 Å². The first-order valence-corrected chi connectivity index (χ1v) is 6.43. The SMILES string of the molecule is COc1nc(C(=O)N[C@@H]2C[C@H]2C)cc2ccccc12. The Morgan fingerprint density at radius 2 is 2.16 bits per heavy atom. The van der Waals surface area contributed by atoms with Crippen molar-refractivity contribution in [3.63, 3.8) is 0 Å². The van der Waals surface area contributed by atoms with E-state index in [4.69, 9.17) is 4.74 Å². The highest BCUT2D eigenvalue weighted by molar-refractivity contribution is 5.98. The van der Waals surface area contributed by atoms with Crippen molar-refractivity contribution in [2.45, 2.75) is 19.4 Å². The molecule has 4 nitrogen and oxygen atoms in total. The average Bonchev–Trinajstić information content (AvgIpc) is 3.12. The fourth-order valence-corrected chi connectivity index (χ4v) is 2.20. The predicted molar refractivity (Wildman–Crippen MR) is 73.3 cm³/mol. The molecule has 0 aliphatic heterocycles. The zero-order valence-corrected chi connectivity index (χ0v) is 11.0. The fraction of sp³-hybridized carbons (Fsp3) is 0.333. The number of hydrogen-bond donors (Lipinski definition) is 1. The summed E-state index contributed by atoms with van der Waals surface area (Å²) in [6.45, 7) is 2.12. The molecular weight excluding hydrogens is 240 g/mol. The molecule has 1 amide bonds. The van der Waals surface area contributed by atoms with Gasteiger partial charge < -0.3 is 10.1 Å². The van der Waals surface area contributed by atoms with Crippen LogP contribution in [0.1, 0.15) is 23.8 Å². The Labute approximate surface area is 111 Å². The van der Waals surface area contributed by atoms with Crippen molar-refractivity contribution < 1.29 is 9.53 Å². The van der Waals surface area contributed by atoms with Crippen LogP contribution >= 0.6 is 0 Å². The van der Waals surface area contributed by atoms with E-state index in [0.29, 0.717) is 23.5 Å². The summed E-state index contributed by atoms with van der Waals surface area (Å²) in [6.07, 6.45) is 1.05. The van der Waals surface area contributed by atoms with Gasteiger partial charge in [-0.15, -0.1) is 0 Å². The Balaban J connectivity index is 1.97. The largest absolute Gasteiger partial charge is 0.481 e. The third kappa shape index (κ3) is 2.26. The zero-order valence-electron chi connectivity index (χ0n) is 11.0. The minimum absolute atomic E-state index is 0.126. The van der Waals surface area contributed by atoms with E-state index in [2.05, 4.69) is 17.2 Å². The van der Waals surface area contributed by atoms with Crippen LogP contribution in [-0.4, -0.2) is 24.0 Å². The highest BCUT2D eigenvalue weighted by Crippen LogP contribution is 2.30. The van der Waals surface area contributed by atoms with Crippen LogP contribution in [0.5, 0.6) is 5.88 Å². The smallest absolute Gasteiger partial charge is 0.270 e. The number of amides is 1. The van der Waals surface area contributed by atoms with Gasteiger partial charge in [0.1, 0.15) is 5.69 Å². The fourth-order valence-electron chi connectivity index (χ4n) is 2.20. The van der Waals surface area contributed by atoms with Gasteiger partial charge in [-0.2, -0.15) is 0 Å². The van der Waals surface area contributed by atoms with Crippen molar-refractivity contribution in [2.75, 3.05) is 7.11 Å². The van der Waals surface area contributed by atoms with Gasteiger partial charge in [0.2, 0.25) is 5.88 Å². The van der Waals surface area contributed by atoms with Crippen LogP contribution in [0.25, 0.3) is 10.8 Å². The van der Waals surface area contributed by atoms with E-state index in [1.54, 1.807) is 13.2 Å². The van der Waals surface area contributed by atoms with Gasteiger partial charge in [0.25, 0.3) is 5.91 Å². The Morgan fingerprint density at radius 3 is 2.84 bits per heavy atom. The third-order valence-electron chi connectivity index (χ3n) is 3.56. The van der Waals surface area contributed by atoms with Crippen molar-refractivity contribution in [1.82, 2.24) is 10.3 Å². The van der Waals surface area contributed by atoms with E-state index in [0.717, 1.165) is 17.2 Å². The lowest BCUT2D eigenvalue weighted by Gasteiger charge is -2.08. The lowest BCUT2D eigenvalue weighted by molar-refractivity contribution is 0.0943. The Kier molecular flexibility index (Phi) is 2.85. The highest BCUT2D eigenvalue weighted by Gasteiger charge is 2.34. The molecule has 1 aliphatic carbocycles. The number of benzene rings is 1. The Morgan fingerprint density at radius 1 is 1.42 bits per heavy atom. The standard InChI is InChI=1S/C15H16N2O2/c1-9-7-12(9)16-14(18)13-8-10-5-3-4-6-11(10)15(17-13)19-2/h3-6,8-9,12H,7H2,1-2H3,(H,16,18)/t9-,12-/m1/s1. The molecule has 0 spiro atoms. The Bertz CT molecular complexity index is 639. The molecule has 1 aromatic heterocycles. The van der Waals surface area contributed by atoms with Crippen molar-refractivity contribution >= 4 is 16.7 Å². The number of nitrogens with one attached hydrogen (secondary N) is 1.